The summed E-state index contributed by atoms with van der Waals surface area (Å²) in [5.74, 6) is -5.22. The number of aldehydes is 1. The molecule has 0 saturated carbocycles. The van der Waals surface area contributed by atoms with E-state index in [-0.39, 0.29) is 16.7 Å². The molecule has 1 nitrogen and oxygen atoms in total. The summed E-state index contributed by atoms with van der Waals surface area (Å²) in [5, 5.41) is 0. The minimum absolute atomic E-state index is 0.0966. The molecule has 2 aromatic rings. The van der Waals surface area contributed by atoms with Gasteiger partial charge in [0.25, 0.3) is 0 Å². The average molecular weight is 254 g/mol. The number of carbonyl (C=O) groups is 1. The number of hydrogen-bond donors (Lipinski definition) is 0. The van der Waals surface area contributed by atoms with Crippen molar-refractivity contribution in [3.05, 3.63) is 59.2 Å². The van der Waals surface area contributed by atoms with Crippen molar-refractivity contribution in [3.63, 3.8) is 0 Å². The van der Waals surface area contributed by atoms with Gasteiger partial charge in [-0.3, -0.25) is 4.79 Å². The Morgan fingerprint density at radius 3 is 1.94 bits per heavy atom. The maximum absolute atomic E-state index is 13.6. The van der Waals surface area contributed by atoms with E-state index in [9.17, 15) is 22.4 Å². The monoisotopic (exact) mass is 254 g/mol. The van der Waals surface area contributed by atoms with E-state index < -0.39 is 23.3 Å². The van der Waals surface area contributed by atoms with Crippen LogP contribution in [-0.2, 0) is 0 Å². The molecular weight excluding hydrogens is 248 g/mol. The summed E-state index contributed by atoms with van der Waals surface area (Å²) in [5.41, 5.74) is -0.154. The summed E-state index contributed by atoms with van der Waals surface area (Å²) in [6.45, 7) is 0. The van der Waals surface area contributed by atoms with Gasteiger partial charge in [-0.05, 0) is 23.8 Å². The van der Waals surface area contributed by atoms with Crippen molar-refractivity contribution in [1.82, 2.24) is 0 Å². The van der Waals surface area contributed by atoms with Gasteiger partial charge in [-0.1, -0.05) is 12.1 Å². The zero-order chi connectivity index (χ0) is 13.3. The van der Waals surface area contributed by atoms with Crippen LogP contribution in [0.15, 0.2) is 30.3 Å². The zero-order valence-electron chi connectivity index (χ0n) is 8.88. The van der Waals surface area contributed by atoms with E-state index in [0.29, 0.717) is 18.4 Å². The van der Waals surface area contributed by atoms with Gasteiger partial charge in [0.2, 0.25) is 0 Å². The van der Waals surface area contributed by atoms with Crippen molar-refractivity contribution in [3.8, 4) is 11.1 Å². The van der Waals surface area contributed by atoms with Crippen molar-refractivity contribution >= 4 is 6.29 Å². The fourth-order valence-electron chi connectivity index (χ4n) is 1.55. The number of hydrogen-bond acceptors (Lipinski definition) is 1. The van der Waals surface area contributed by atoms with Crippen LogP contribution in [0.1, 0.15) is 10.4 Å². The molecule has 0 atom stereocenters. The first-order valence-electron chi connectivity index (χ1n) is 4.92. The van der Waals surface area contributed by atoms with E-state index in [1.807, 2.05) is 0 Å². The zero-order valence-corrected chi connectivity index (χ0v) is 8.88. The Kier molecular flexibility index (Phi) is 3.14. The molecule has 0 amide bonds. The van der Waals surface area contributed by atoms with Crippen LogP contribution in [0.5, 0.6) is 0 Å². The maximum Gasteiger partial charge on any atom is 0.194 e. The van der Waals surface area contributed by atoms with Gasteiger partial charge in [0, 0.05) is 11.1 Å². The molecule has 0 heterocycles. The van der Waals surface area contributed by atoms with Gasteiger partial charge >= 0.3 is 0 Å². The van der Waals surface area contributed by atoms with Gasteiger partial charge in [-0.15, -0.1) is 0 Å². The molecule has 0 aromatic heterocycles. The molecule has 0 aliphatic heterocycles. The Hall–Kier alpha value is -2.17. The molecule has 0 saturated heterocycles. The Bertz CT molecular complexity index is 599. The van der Waals surface area contributed by atoms with E-state index in [1.165, 1.54) is 12.1 Å². The number of halogens is 4. The quantitative estimate of drug-likeness (QED) is 0.453. The molecule has 0 radical (unpaired) electrons. The van der Waals surface area contributed by atoms with Gasteiger partial charge in [-0.2, -0.15) is 0 Å². The van der Waals surface area contributed by atoms with E-state index in [2.05, 4.69) is 0 Å². The van der Waals surface area contributed by atoms with Crippen LogP contribution in [0.4, 0.5) is 17.6 Å². The summed E-state index contributed by atoms with van der Waals surface area (Å²) >= 11 is 0. The van der Waals surface area contributed by atoms with Crippen LogP contribution in [0.3, 0.4) is 0 Å². The first kappa shape index (κ1) is 12.3. The summed E-state index contributed by atoms with van der Waals surface area (Å²) < 4.78 is 52.4. The number of carbonyl (C=O) groups excluding carboxylic acids is 1. The third-order valence-electron chi connectivity index (χ3n) is 2.42. The summed E-state index contributed by atoms with van der Waals surface area (Å²) in [6, 6.07) is 4.81. The van der Waals surface area contributed by atoms with Gasteiger partial charge in [0.15, 0.2) is 17.5 Å². The van der Waals surface area contributed by atoms with E-state index in [0.717, 1.165) is 6.07 Å². The summed E-state index contributed by atoms with van der Waals surface area (Å²) in [7, 11) is 0. The van der Waals surface area contributed by atoms with Crippen molar-refractivity contribution in [1.29, 1.82) is 0 Å². The fourth-order valence-corrected chi connectivity index (χ4v) is 1.55. The lowest BCUT2D eigenvalue weighted by atomic mass is 10.0. The Morgan fingerprint density at radius 2 is 1.44 bits per heavy atom. The van der Waals surface area contributed by atoms with Gasteiger partial charge in [-0.25, -0.2) is 17.6 Å². The highest BCUT2D eigenvalue weighted by atomic mass is 19.2. The number of benzene rings is 2. The standard InChI is InChI=1S/C13H6F4O/c14-10-3-7(6-18)1-2-9(10)8-4-11(15)13(17)12(16)5-8/h1-6H. The van der Waals surface area contributed by atoms with E-state index in [4.69, 9.17) is 0 Å². The largest absolute Gasteiger partial charge is 0.298 e. The van der Waals surface area contributed by atoms with Crippen molar-refractivity contribution in [2.24, 2.45) is 0 Å². The first-order valence-corrected chi connectivity index (χ1v) is 4.92. The van der Waals surface area contributed by atoms with Crippen LogP contribution in [0.2, 0.25) is 0 Å². The molecule has 0 N–H and O–H groups in total. The highest BCUT2D eigenvalue weighted by Crippen LogP contribution is 2.26. The lowest BCUT2D eigenvalue weighted by Crippen LogP contribution is -1.94. The Labute approximate surface area is 99.7 Å². The van der Waals surface area contributed by atoms with Gasteiger partial charge < -0.3 is 0 Å². The molecule has 0 spiro atoms. The molecule has 0 fully saturated rings. The predicted molar refractivity (Wildman–Crippen MR) is 57.1 cm³/mol. The third kappa shape index (κ3) is 2.11. The average Bonchev–Trinajstić information content (AvgIpc) is 2.35. The number of rotatable bonds is 2. The first-order chi connectivity index (χ1) is 8.52. The summed E-state index contributed by atoms with van der Waals surface area (Å²) in [6.07, 6.45) is 0.443. The molecule has 5 heteroatoms. The molecule has 0 bridgehead atoms. The third-order valence-corrected chi connectivity index (χ3v) is 2.42. The molecule has 0 unspecified atom stereocenters. The van der Waals surface area contributed by atoms with Crippen LogP contribution in [0.25, 0.3) is 11.1 Å². The Balaban J connectivity index is 2.59. The lowest BCUT2D eigenvalue weighted by molar-refractivity contribution is 0.112. The van der Waals surface area contributed by atoms with E-state index in [1.54, 1.807) is 0 Å². The van der Waals surface area contributed by atoms with E-state index >= 15 is 0 Å². The second-order valence-electron chi connectivity index (χ2n) is 3.61. The molecule has 2 aromatic carbocycles. The van der Waals surface area contributed by atoms with Crippen molar-refractivity contribution in [2.45, 2.75) is 0 Å². The topological polar surface area (TPSA) is 17.1 Å². The predicted octanol–water partition coefficient (Wildman–Crippen LogP) is 3.72. The minimum Gasteiger partial charge on any atom is -0.298 e. The second-order valence-corrected chi connectivity index (χ2v) is 3.61. The normalized spacial score (nSPS) is 10.4. The van der Waals surface area contributed by atoms with Crippen molar-refractivity contribution < 1.29 is 22.4 Å². The van der Waals surface area contributed by atoms with Crippen LogP contribution < -0.4 is 0 Å². The fraction of sp³-hybridized carbons (Fsp3) is 0. The van der Waals surface area contributed by atoms with Crippen LogP contribution >= 0.6 is 0 Å². The maximum atomic E-state index is 13.6. The molecular formula is C13H6F4O. The SMILES string of the molecule is O=Cc1ccc(-c2cc(F)c(F)c(F)c2)c(F)c1. The highest BCUT2D eigenvalue weighted by Gasteiger charge is 2.14. The highest BCUT2D eigenvalue weighted by molar-refractivity contribution is 5.77. The Morgan fingerprint density at radius 1 is 0.833 bits per heavy atom. The molecule has 0 aliphatic rings. The van der Waals surface area contributed by atoms with Crippen LogP contribution in [0, 0.1) is 23.3 Å². The van der Waals surface area contributed by atoms with Crippen molar-refractivity contribution in [2.75, 3.05) is 0 Å². The second kappa shape index (κ2) is 4.60. The minimum atomic E-state index is -1.61. The van der Waals surface area contributed by atoms with Crippen LogP contribution in [-0.4, -0.2) is 6.29 Å². The smallest absolute Gasteiger partial charge is 0.194 e. The molecule has 18 heavy (non-hydrogen) atoms. The molecule has 2 rings (SSSR count). The van der Waals surface area contributed by atoms with Gasteiger partial charge in [0.1, 0.15) is 12.1 Å². The molecule has 0 aliphatic carbocycles. The summed E-state index contributed by atoms with van der Waals surface area (Å²) in [4.78, 5) is 10.4. The van der Waals surface area contributed by atoms with Gasteiger partial charge in [0.05, 0.1) is 0 Å². The molecule has 92 valence electrons. The lowest BCUT2D eigenvalue weighted by Gasteiger charge is -2.05.